The maximum absolute atomic E-state index is 15.0. The van der Waals surface area contributed by atoms with Crippen LogP contribution in [0.1, 0.15) is 138 Å². The number of aromatic nitrogens is 6. The molecule has 0 N–H and O–H groups in total. The van der Waals surface area contributed by atoms with Crippen LogP contribution in [0.2, 0.25) is 5.02 Å². The Bertz CT molecular complexity index is 5450. The van der Waals surface area contributed by atoms with Gasteiger partial charge in [-0.3, -0.25) is 24.2 Å². The van der Waals surface area contributed by atoms with E-state index in [2.05, 4.69) is 126 Å². The highest BCUT2D eigenvalue weighted by Gasteiger charge is 2.44. The van der Waals surface area contributed by atoms with Crippen LogP contribution in [0.3, 0.4) is 0 Å². The molecule has 30 heteroatoms. The lowest BCUT2D eigenvalue weighted by atomic mass is 9.86. The highest BCUT2D eigenvalue weighted by atomic mass is 35.5. The monoisotopic (exact) mass is 1720 g/mol. The van der Waals surface area contributed by atoms with Gasteiger partial charge >= 0.3 is 12.0 Å². The number of anilines is 7. The molecule has 0 radical (unpaired) electrons. The van der Waals surface area contributed by atoms with Crippen molar-refractivity contribution in [2.45, 2.75) is 183 Å². The minimum absolute atomic E-state index is 0.00870. The average Bonchev–Trinajstić information content (AvgIpc) is 0.839. The summed E-state index contributed by atoms with van der Waals surface area (Å²) in [5.74, 6) is 2.99. The Labute approximate surface area is 744 Å². The van der Waals surface area contributed by atoms with Crippen molar-refractivity contribution in [3.05, 3.63) is 152 Å². The third-order valence-corrected chi connectivity index (χ3v) is 29.7. The van der Waals surface area contributed by atoms with E-state index < -0.39 is 6.04 Å². The molecule has 3 aromatic carbocycles. The summed E-state index contributed by atoms with van der Waals surface area (Å²) in [6, 6.07) is 28.8. The SMILES string of the molecule is C=CC(=O)N1CCN(c2nc(OC[C@@H]3CC(CN(C)C4CN(c5nc6c(c(N7CCN(C(=O)/C=C/c8ccc(C#N)c9c8CCCN9[C@@H]8CCc9c(nc(OC[C@@H]%10CCCN%10C)nc9N9CCN(C(=O)C=C)[C@@H](CC#N)C9)C8)[C@@H](CC#N)C7)n5)CC[C@@H](N5CCCc7cccc(C#N)c75)C6)C4)CN3C)nc3c2CC[C@@H](N2CCc4cccc(Cl)c42)C3)C[C@@H]1CC#N. The topological polar surface area (TPSA) is 308 Å². The predicted molar refractivity (Wildman–Crippen MR) is 483 cm³/mol. The van der Waals surface area contributed by atoms with Gasteiger partial charge in [0.25, 0.3) is 0 Å². The number of carbonyl (C=O) groups is 3. The number of benzene rings is 3. The van der Waals surface area contributed by atoms with E-state index in [1.54, 1.807) is 15.9 Å². The van der Waals surface area contributed by atoms with Crippen LogP contribution in [0.25, 0.3) is 6.08 Å². The lowest BCUT2D eigenvalue weighted by Gasteiger charge is -2.46. The summed E-state index contributed by atoms with van der Waals surface area (Å²) >= 11 is 6.91. The van der Waals surface area contributed by atoms with Crippen LogP contribution < -0.4 is 43.8 Å². The molecule has 3 aliphatic carbocycles. The van der Waals surface area contributed by atoms with Gasteiger partial charge in [0.2, 0.25) is 23.7 Å². The quantitative estimate of drug-likeness (QED) is 0.0540. The fourth-order valence-electron chi connectivity index (χ4n) is 22.7. The Balaban J connectivity index is 0.555. The van der Waals surface area contributed by atoms with Crippen LogP contribution >= 0.6 is 11.6 Å². The van der Waals surface area contributed by atoms with Crippen molar-refractivity contribution in [2.75, 3.05) is 180 Å². The molecule has 12 aliphatic rings. The molecule has 654 valence electrons. The van der Waals surface area contributed by atoms with Gasteiger partial charge in [0, 0.05) is 183 Å². The number of amides is 3. The third kappa shape index (κ3) is 17.0. The fourth-order valence-corrected chi connectivity index (χ4v) is 23.0. The molecule has 9 aliphatic heterocycles. The first-order valence-corrected chi connectivity index (χ1v) is 46.0. The Hall–Kier alpha value is -11.7. The number of carbonyl (C=O) groups excluding carboxylic acids is 3. The zero-order valence-electron chi connectivity index (χ0n) is 72.8. The van der Waals surface area contributed by atoms with Crippen LogP contribution in [-0.4, -0.2) is 277 Å². The van der Waals surface area contributed by atoms with E-state index >= 15 is 0 Å². The van der Waals surface area contributed by atoms with Crippen LogP contribution in [0, 0.1) is 62.6 Å². The van der Waals surface area contributed by atoms with Crippen LogP contribution in [-0.2, 0) is 72.2 Å². The number of nitrogens with zero attached hydrogens (tertiary/aromatic N) is 24. The molecule has 3 amide bonds. The number of aryl methyl sites for hydroxylation is 1. The highest BCUT2D eigenvalue weighted by Crippen LogP contribution is 2.46. The minimum atomic E-state index is -0.441. The number of halogens is 1. The van der Waals surface area contributed by atoms with E-state index in [-0.39, 0.29) is 85.3 Å². The molecule has 9 atom stereocenters. The summed E-state index contributed by atoms with van der Waals surface area (Å²) in [7, 11) is 6.54. The molecule has 0 saturated carbocycles. The van der Waals surface area contributed by atoms with Gasteiger partial charge in [0.15, 0.2) is 0 Å². The number of fused-ring (bicyclic) bond motifs is 6. The predicted octanol–water partition coefficient (Wildman–Crippen LogP) is 8.86. The Morgan fingerprint density at radius 1 is 0.492 bits per heavy atom. The summed E-state index contributed by atoms with van der Waals surface area (Å²) in [5, 5.41) is 52.6. The first-order chi connectivity index (χ1) is 61.5. The Morgan fingerprint density at radius 3 is 1.56 bits per heavy atom. The molecule has 29 nitrogen and oxygen atoms in total. The summed E-state index contributed by atoms with van der Waals surface area (Å²) in [6.07, 6.45) is 20.9. The summed E-state index contributed by atoms with van der Waals surface area (Å²) in [5.41, 5.74) is 14.9. The summed E-state index contributed by atoms with van der Waals surface area (Å²) in [4.78, 5) is 102. The van der Waals surface area contributed by atoms with Crippen molar-refractivity contribution in [1.82, 2.24) is 59.3 Å². The van der Waals surface area contributed by atoms with Gasteiger partial charge in [-0.15, -0.1) is 0 Å². The lowest BCUT2D eigenvalue weighted by molar-refractivity contribution is -0.129. The van der Waals surface area contributed by atoms with Crippen molar-refractivity contribution >= 4 is 75.9 Å². The van der Waals surface area contributed by atoms with Crippen molar-refractivity contribution < 1.29 is 23.9 Å². The maximum Gasteiger partial charge on any atom is 0.318 e. The van der Waals surface area contributed by atoms with E-state index in [9.17, 15) is 40.7 Å². The third-order valence-electron chi connectivity index (χ3n) is 29.4. The number of nitriles is 5. The molecule has 6 saturated heterocycles. The number of rotatable bonds is 23. The van der Waals surface area contributed by atoms with Crippen molar-refractivity contribution in [3.63, 3.8) is 0 Å². The normalized spacial score (nSPS) is 24.3. The number of piperazine rings is 3. The molecule has 18 rings (SSSR count). The second-order valence-electron chi connectivity index (χ2n) is 36.6. The average molecular weight is 1720 g/mol. The second kappa shape index (κ2) is 37.1. The van der Waals surface area contributed by atoms with Gasteiger partial charge in [-0.25, -0.2) is 4.98 Å². The van der Waals surface area contributed by atoms with Gasteiger partial charge in [0.05, 0.1) is 106 Å². The number of likely N-dealkylation sites (N-methyl/N-ethyl adjacent to an activating group) is 3. The molecule has 6 aromatic rings. The molecule has 12 heterocycles. The van der Waals surface area contributed by atoms with Crippen LogP contribution in [0.4, 0.5) is 40.5 Å². The van der Waals surface area contributed by atoms with Crippen molar-refractivity contribution in [2.24, 2.45) is 5.92 Å². The molecule has 126 heavy (non-hydrogen) atoms. The van der Waals surface area contributed by atoms with Gasteiger partial charge in [-0.2, -0.15) is 51.2 Å². The van der Waals surface area contributed by atoms with Gasteiger partial charge in [-0.1, -0.05) is 55.1 Å². The van der Waals surface area contributed by atoms with E-state index in [0.29, 0.717) is 133 Å². The zero-order valence-corrected chi connectivity index (χ0v) is 73.6. The molecule has 6 fully saturated rings. The molecule has 3 aromatic heterocycles. The minimum Gasteiger partial charge on any atom is -0.462 e. The van der Waals surface area contributed by atoms with Crippen molar-refractivity contribution in [3.8, 4) is 42.4 Å². The fraction of sp³-hybridized carbons (Fsp3) is 0.542. The molecular weight excluding hydrogens is 1600 g/mol. The zero-order chi connectivity index (χ0) is 87.0. The van der Waals surface area contributed by atoms with Gasteiger partial charge in [0.1, 0.15) is 42.8 Å². The van der Waals surface area contributed by atoms with Crippen LogP contribution in [0.5, 0.6) is 12.0 Å². The standard InChI is InChI=1S/C96H113ClN24O5/c1-6-85(122)116-44-41-113(55-71(116)30-34-98)92-79-27-24-69(49-83(79)104-95(107-92)125-60-74-17-11-37-109(74)3)120-39-12-18-77-63(20-21-67(52-102)89(77)120)22-29-87(124)118-46-43-112(57-73(118)32-36-100)91-78-26-23-68(119-38-10-16-64-13-8-15-66(51-101)88(64)119)48-82(78)103-94(106-91)115-58-76(59-115)111(5)54-62-47-75(110(4)53-62)61-126-96-105-84-50-70(121-40-33-65-14-9-19-81(97)90(65)121)25-28-80(84)93(108-96)114-42-45-117(86(123)7-2)72(56-114)31-35-99/h6-9,13-15,19-22,29,62,68-76H,1-2,10-12,16-18,23-28,30-33,37-50,53-61H2,3-5H3/b29-22+/t62?,68-,69-,70-,71+,72+,73+,74+,75+/m1/s1. The van der Waals surface area contributed by atoms with Crippen molar-refractivity contribution in [1.29, 1.82) is 26.3 Å². The number of ether oxygens (including phenoxy) is 2. The van der Waals surface area contributed by atoms with Gasteiger partial charge in [-0.05, 0) is 182 Å². The van der Waals surface area contributed by atoms with Gasteiger partial charge < -0.3 is 63.4 Å². The molecule has 0 bridgehead atoms. The number of para-hydroxylation sites is 2. The summed E-state index contributed by atoms with van der Waals surface area (Å²) < 4.78 is 13.3. The Morgan fingerprint density at radius 2 is 1.01 bits per heavy atom. The van der Waals surface area contributed by atoms with Crippen LogP contribution in [0.15, 0.2) is 79.9 Å². The lowest BCUT2D eigenvalue weighted by Crippen LogP contribution is -2.60. The molecular formula is C96H113ClN24O5. The first-order valence-electron chi connectivity index (χ1n) is 45.6. The van der Waals surface area contributed by atoms with E-state index in [1.165, 1.54) is 23.3 Å². The number of hydrogen-bond donors (Lipinski definition) is 0. The highest BCUT2D eigenvalue weighted by molar-refractivity contribution is 6.33. The number of likely N-dealkylation sites (tertiary alicyclic amines) is 2. The molecule has 0 spiro atoms. The number of hydrogen-bond acceptors (Lipinski definition) is 26. The van der Waals surface area contributed by atoms with E-state index in [4.69, 9.17) is 51.0 Å². The van der Waals surface area contributed by atoms with E-state index in [0.717, 1.165) is 220 Å². The smallest absolute Gasteiger partial charge is 0.318 e. The first kappa shape index (κ1) is 85.2. The maximum atomic E-state index is 15.0. The Kier molecular flexibility index (Phi) is 25.1. The second-order valence-corrected chi connectivity index (χ2v) is 37.0. The summed E-state index contributed by atoms with van der Waals surface area (Å²) in [6.45, 7) is 19.3. The largest absolute Gasteiger partial charge is 0.462 e. The molecule has 1 unspecified atom stereocenters. The van der Waals surface area contributed by atoms with E-state index in [1.807, 2.05) is 47.4 Å².